The second-order valence-corrected chi connectivity index (χ2v) is 5.37. The number of nitrogens with one attached hydrogen (secondary N) is 1. The van der Waals surface area contributed by atoms with Crippen molar-refractivity contribution in [3.05, 3.63) is 0 Å². The van der Waals surface area contributed by atoms with Crippen molar-refractivity contribution < 1.29 is 0 Å². The van der Waals surface area contributed by atoms with Crippen LogP contribution in [0.1, 0.15) is 33.1 Å². The van der Waals surface area contributed by atoms with E-state index in [9.17, 15) is 0 Å². The van der Waals surface area contributed by atoms with E-state index in [-0.39, 0.29) is 0 Å². The maximum absolute atomic E-state index is 3.57. The summed E-state index contributed by atoms with van der Waals surface area (Å²) in [6.07, 6.45) is 3.94. The van der Waals surface area contributed by atoms with Gasteiger partial charge in [-0.1, -0.05) is 6.92 Å². The summed E-state index contributed by atoms with van der Waals surface area (Å²) in [6.45, 7) is 9.39. The van der Waals surface area contributed by atoms with Gasteiger partial charge in [0.05, 0.1) is 0 Å². The van der Waals surface area contributed by atoms with E-state index in [0.29, 0.717) is 6.04 Å². The Morgan fingerprint density at radius 2 is 2.19 bits per heavy atom. The lowest BCUT2D eigenvalue weighted by Gasteiger charge is -2.37. The predicted octanol–water partition coefficient (Wildman–Crippen LogP) is 1.40. The zero-order valence-corrected chi connectivity index (χ0v) is 11.5. The number of hydrogen-bond donors (Lipinski definition) is 1. The summed E-state index contributed by atoms with van der Waals surface area (Å²) in [6, 6.07) is 1.38. The highest BCUT2D eigenvalue weighted by Gasteiger charge is 2.21. The predicted molar refractivity (Wildman–Crippen MR) is 70.9 cm³/mol. The summed E-state index contributed by atoms with van der Waals surface area (Å²) in [5.41, 5.74) is 0. The van der Waals surface area contributed by atoms with Crippen LogP contribution in [0, 0.1) is 0 Å². The number of likely N-dealkylation sites (tertiary alicyclic amines) is 1. The SMILES string of the molecule is CCCNC(C)CN1CCCC(N(C)C)C1. The fourth-order valence-electron chi connectivity index (χ4n) is 2.46. The zero-order valence-electron chi connectivity index (χ0n) is 11.5. The number of hydrogen-bond acceptors (Lipinski definition) is 3. The average Bonchev–Trinajstić information content (AvgIpc) is 2.26. The molecule has 0 bridgehead atoms. The van der Waals surface area contributed by atoms with Gasteiger partial charge in [0, 0.05) is 25.2 Å². The molecule has 1 saturated heterocycles. The minimum atomic E-state index is 0.626. The van der Waals surface area contributed by atoms with Crippen molar-refractivity contribution in [2.45, 2.75) is 45.2 Å². The van der Waals surface area contributed by atoms with Crippen molar-refractivity contribution in [3.8, 4) is 0 Å². The van der Waals surface area contributed by atoms with Crippen molar-refractivity contribution in [2.24, 2.45) is 0 Å². The first-order chi connectivity index (χ1) is 7.63. The highest BCUT2D eigenvalue weighted by atomic mass is 15.2. The van der Waals surface area contributed by atoms with Gasteiger partial charge in [0.2, 0.25) is 0 Å². The molecule has 1 fully saturated rings. The van der Waals surface area contributed by atoms with E-state index in [2.05, 4.69) is 43.1 Å². The van der Waals surface area contributed by atoms with Gasteiger partial charge in [-0.2, -0.15) is 0 Å². The second-order valence-electron chi connectivity index (χ2n) is 5.37. The van der Waals surface area contributed by atoms with Crippen LogP contribution < -0.4 is 5.32 Å². The summed E-state index contributed by atoms with van der Waals surface area (Å²) >= 11 is 0. The van der Waals surface area contributed by atoms with Crippen LogP contribution in [0.2, 0.25) is 0 Å². The smallest absolute Gasteiger partial charge is 0.0217 e. The van der Waals surface area contributed by atoms with Gasteiger partial charge in [-0.15, -0.1) is 0 Å². The van der Waals surface area contributed by atoms with Crippen LogP contribution in [0.15, 0.2) is 0 Å². The van der Waals surface area contributed by atoms with Crippen molar-refractivity contribution in [2.75, 3.05) is 40.3 Å². The Hall–Kier alpha value is -0.120. The first-order valence-electron chi connectivity index (χ1n) is 6.75. The Labute approximate surface area is 101 Å². The average molecular weight is 227 g/mol. The third-order valence-electron chi connectivity index (χ3n) is 3.49. The molecule has 0 saturated carbocycles. The van der Waals surface area contributed by atoms with Crippen LogP contribution in [-0.4, -0.2) is 62.2 Å². The Morgan fingerprint density at radius 3 is 2.81 bits per heavy atom. The highest BCUT2D eigenvalue weighted by Crippen LogP contribution is 2.13. The summed E-state index contributed by atoms with van der Waals surface area (Å²) in [7, 11) is 4.40. The Kier molecular flexibility index (Phi) is 6.32. The second kappa shape index (κ2) is 7.25. The summed E-state index contributed by atoms with van der Waals surface area (Å²) in [5.74, 6) is 0. The molecule has 1 heterocycles. The molecular formula is C13H29N3. The van der Waals surface area contributed by atoms with Gasteiger partial charge in [0.15, 0.2) is 0 Å². The normalized spacial score (nSPS) is 24.9. The van der Waals surface area contributed by atoms with E-state index < -0.39 is 0 Å². The molecule has 1 aliphatic rings. The van der Waals surface area contributed by atoms with Gasteiger partial charge < -0.3 is 15.1 Å². The molecule has 0 radical (unpaired) electrons. The standard InChI is InChI=1S/C13H29N3/c1-5-8-14-12(2)10-16-9-6-7-13(11-16)15(3)4/h12-14H,5-11H2,1-4H3. The van der Waals surface area contributed by atoms with Crippen LogP contribution in [0.4, 0.5) is 0 Å². The number of nitrogens with zero attached hydrogens (tertiary/aromatic N) is 2. The third-order valence-corrected chi connectivity index (χ3v) is 3.49. The zero-order chi connectivity index (χ0) is 12.0. The summed E-state index contributed by atoms with van der Waals surface area (Å²) in [5, 5.41) is 3.57. The molecule has 0 aromatic heterocycles. The van der Waals surface area contributed by atoms with Gasteiger partial charge in [-0.05, 0) is 53.4 Å². The first-order valence-corrected chi connectivity index (χ1v) is 6.75. The topological polar surface area (TPSA) is 18.5 Å². The van der Waals surface area contributed by atoms with Crippen molar-refractivity contribution >= 4 is 0 Å². The molecule has 16 heavy (non-hydrogen) atoms. The molecule has 1 rings (SSSR count). The fraction of sp³-hybridized carbons (Fsp3) is 1.00. The number of rotatable bonds is 6. The third kappa shape index (κ3) is 4.81. The van der Waals surface area contributed by atoms with E-state index >= 15 is 0 Å². The van der Waals surface area contributed by atoms with Gasteiger partial charge in [0.1, 0.15) is 0 Å². The minimum absolute atomic E-state index is 0.626. The molecule has 0 aliphatic carbocycles. The molecule has 0 aromatic carbocycles. The molecular weight excluding hydrogens is 198 g/mol. The molecule has 0 spiro atoms. The Balaban J connectivity index is 2.25. The molecule has 0 amide bonds. The fourth-order valence-corrected chi connectivity index (χ4v) is 2.46. The molecule has 3 heteroatoms. The quantitative estimate of drug-likeness (QED) is 0.740. The summed E-state index contributed by atoms with van der Waals surface area (Å²) in [4.78, 5) is 4.98. The maximum Gasteiger partial charge on any atom is 0.0217 e. The van der Waals surface area contributed by atoms with Crippen LogP contribution in [0.25, 0.3) is 0 Å². The van der Waals surface area contributed by atoms with Crippen LogP contribution in [0.5, 0.6) is 0 Å². The van der Waals surface area contributed by atoms with Crippen molar-refractivity contribution in [1.82, 2.24) is 15.1 Å². The van der Waals surface area contributed by atoms with E-state index in [0.717, 1.165) is 12.6 Å². The highest BCUT2D eigenvalue weighted by molar-refractivity contribution is 4.79. The number of likely N-dealkylation sites (N-methyl/N-ethyl adjacent to an activating group) is 1. The molecule has 1 aliphatic heterocycles. The van der Waals surface area contributed by atoms with Gasteiger partial charge >= 0.3 is 0 Å². The maximum atomic E-state index is 3.57. The first kappa shape index (κ1) is 13.9. The van der Waals surface area contributed by atoms with E-state index in [1.54, 1.807) is 0 Å². The van der Waals surface area contributed by atoms with E-state index in [4.69, 9.17) is 0 Å². The van der Waals surface area contributed by atoms with Gasteiger partial charge in [-0.25, -0.2) is 0 Å². The monoisotopic (exact) mass is 227 g/mol. The molecule has 96 valence electrons. The molecule has 2 atom stereocenters. The van der Waals surface area contributed by atoms with Crippen molar-refractivity contribution in [3.63, 3.8) is 0 Å². The summed E-state index contributed by atoms with van der Waals surface area (Å²) < 4.78 is 0. The van der Waals surface area contributed by atoms with Gasteiger partial charge in [0.25, 0.3) is 0 Å². The van der Waals surface area contributed by atoms with E-state index in [1.165, 1.54) is 38.9 Å². The van der Waals surface area contributed by atoms with Crippen LogP contribution in [-0.2, 0) is 0 Å². The van der Waals surface area contributed by atoms with Gasteiger partial charge in [-0.3, -0.25) is 0 Å². The lowest BCUT2D eigenvalue weighted by atomic mass is 10.0. The minimum Gasteiger partial charge on any atom is -0.313 e. The molecule has 3 nitrogen and oxygen atoms in total. The largest absolute Gasteiger partial charge is 0.313 e. The van der Waals surface area contributed by atoms with Crippen LogP contribution >= 0.6 is 0 Å². The van der Waals surface area contributed by atoms with Crippen molar-refractivity contribution in [1.29, 1.82) is 0 Å². The lowest BCUT2D eigenvalue weighted by Crippen LogP contribution is -2.49. The lowest BCUT2D eigenvalue weighted by molar-refractivity contribution is 0.125. The Bertz CT molecular complexity index is 182. The Morgan fingerprint density at radius 1 is 1.44 bits per heavy atom. The van der Waals surface area contributed by atoms with Crippen LogP contribution in [0.3, 0.4) is 0 Å². The molecule has 1 N–H and O–H groups in total. The molecule has 2 unspecified atom stereocenters. The molecule has 0 aromatic rings. The number of piperidine rings is 1. The van der Waals surface area contributed by atoms with E-state index in [1.807, 2.05) is 0 Å².